The summed E-state index contributed by atoms with van der Waals surface area (Å²) in [5.41, 5.74) is 8.88. The van der Waals surface area contributed by atoms with Gasteiger partial charge in [0.15, 0.2) is 0 Å². The van der Waals surface area contributed by atoms with Crippen molar-refractivity contribution >= 4 is 22.6 Å². The molecule has 0 saturated heterocycles. The molecule has 0 bridgehead atoms. The number of alkyl halides is 3. The van der Waals surface area contributed by atoms with Crippen LogP contribution in [0, 0.1) is 5.92 Å². The Labute approximate surface area is 201 Å². The van der Waals surface area contributed by atoms with Crippen LogP contribution >= 0.6 is 0 Å². The molecule has 0 radical (unpaired) electrons. The van der Waals surface area contributed by atoms with Gasteiger partial charge in [0.05, 0.1) is 16.8 Å². The van der Waals surface area contributed by atoms with Crippen LogP contribution in [0.2, 0.25) is 0 Å². The monoisotopic (exact) mass is 478 g/mol. The van der Waals surface area contributed by atoms with E-state index < -0.39 is 17.6 Å². The molecule has 0 aliphatic rings. The van der Waals surface area contributed by atoms with Gasteiger partial charge in [-0.2, -0.15) is 13.2 Å². The van der Waals surface area contributed by atoms with E-state index in [0.29, 0.717) is 5.92 Å². The van der Waals surface area contributed by atoms with Crippen molar-refractivity contribution in [2.75, 3.05) is 5.32 Å². The van der Waals surface area contributed by atoms with Crippen LogP contribution in [0.4, 0.5) is 19.0 Å². The summed E-state index contributed by atoms with van der Waals surface area (Å²) in [6, 6.07) is 17.1. The van der Waals surface area contributed by atoms with Gasteiger partial charge in [-0.05, 0) is 60.4 Å². The lowest BCUT2D eigenvalue weighted by Crippen LogP contribution is -2.14. The second kappa shape index (κ2) is 9.84. The number of rotatable bonds is 6. The Morgan fingerprint density at radius 1 is 1.03 bits per heavy atom. The summed E-state index contributed by atoms with van der Waals surface area (Å²) in [5.74, 6) is 0.159. The Hall–Kier alpha value is -3.78. The minimum atomic E-state index is -4.46. The largest absolute Gasteiger partial charge is 0.416 e. The highest BCUT2D eigenvalue weighted by molar-refractivity contribution is 6.04. The van der Waals surface area contributed by atoms with E-state index in [1.165, 1.54) is 0 Å². The van der Waals surface area contributed by atoms with Crippen molar-refractivity contribution in [3.05, 3.63) is 89.7 Å². The van der Waals surface area contributed by atoms with Crippen LogP contribution < -0.4 is 11.1 Å². The number of aromatic nitrogens is 2. The van der Waals surface area contributed by atoms with Crippen LogP contribution in [-0.2, 0) is 6.18 Å². The van der Waals surface area contributed by atoms with Crippen molar-refractivity contribution in [2.45, 2.75) is 32.5 Å². The number of nitrogens with one attached hydrogen (secondary N) is 1. The topological polar surface area (TPSA) is 80.9 Å². The number of halogens is 3. The van der Waals surface area contributed by atoms with Crippen LogP contribution in [0.1, 0.15) is 47.9 Å². The van der Waals surface area contributed by atoms with Crippen molar-refractivity contribution < 1.29 is 18.0 Å². The van der Waals surface area contributed by atoms with Crippen molar-refractivity contribution in [2.24, 2.45) is 11.7 Å². The van der Waals surface area contributed by atoms with Gasteiger partial charge in [-0.15, -0.1) is 0 Å². The zero-order valence-electron chi connectivity index (χ0n) is 19.3. The lowest BCUT2D eigenvalue weighted by atomic mass is 9.99. The Kier molecular flexibility index (Phi) is 6.84. The van der Waals surface area contributed by atoms with E-state index >= 15 is 0 Å². The second-order valence-corrected chi connectivity index (χ2v) is 8.81. The first-order valence-electron chi connectivity index (χ1n) is 11.2. The predicted octanol–water partition coefficient (Wildman–Crippen LogP) is 6.61. The lowest BCUT2D eigenvalue weighted by molar-refractivity contribution is -0.137. The van der Waals surface area contributed by atoms with Gasteiger partial charge in [-0.3, -0.25) is 9.78 Å². The van der Waals surface area contributed by atoms with Crippen molar-refractivity contribution in [1.29, 1.82) is 0 Å². The van der Waals surface area contributed by atoms with E-state index in [2.05, 4.69) is 24.1 Å². The normalized spacial score (nSPS) is 12.7. The predicted molar refractivity (Wildman–Crippen MR) is 131 cm³/mol. The SMILES string of the molecule is CC(C)CC(N)c1ccc2cccc(-c3ccnc(NC(=O)c4ccc(C(F)(F)F)cc4)c3)c2n1. The second-order valence-electron chi connectivity index (χ2n) is 8.81. The number of hydrogen-bond donors (Lipinski definition) is 2. The third-order valence-corrected chi connectivity index (χ3v) is 5.63. The zero-order valence-corrected chi connectivity index (χ0v) is 19.3. The van der Waals surface area contributed by atoms with Crippen LogP contribution in [0.25, 0.3) is 22.0 Å². The number of pyridine rings is 2. The molecule has 35 heavy (non-hydrogen) atoms. The fourth-order valence-corrected chi connectivity index (χ4v) is 3.90. The molecule has 2 heterocycles. The first-order chi connectivity index (χ1) is 16.6. The first kappa shape index (κ1) is 24.3. The van der Waals surface area contributed by atoms with Gasteiger partial charge in [0.1, 0.15) is 5.82 Å². The van der Waals surface area contributed by atoms with Gasteiger partial charge in [-0.25, -0.2) is 4.98 Å². The van der Waals surface area contributed by atoms with E-state index in [-0.39, 0.29) is 17.4 Å². The molecule has 1 unspecified atom stereocenters. The highest BCUT2D eigenvalue weighted by atomic mass is 19.4. The quantitative estimate of drug-likeness (QED) is 0.327. The van der Waals surface area contributed by atoms with Gasteiger partial charge in [0.2, 0.25) is 0 Å². The smallest absolute Gasteiger partial charge is 0.323 e. The van der Waals surface area contributed by atoms with Gasteiger partial charge in [0.25, 0.3) is 5.91 Å². The Balaban J connectivity index is 1.62. The molecule has 8 heteroatoms. The molecule has 3 N–H and O–H groups in total. The third-order valence-electron chi connectivity index (χ3n) is 5.63. The molecule has 5 nitrogen and oxygen atoms in total. The first-order valence-corrected chi connectivity index (χ1v) is 11.2. The number of nitrogens with zero attached hydrogens (tertiary/aromatic N) is 2. The maximum Gasteiger partial charge on any atom is 0.416 e. The lowest BCUT2D eigenvalue weighted by Gasteiger charge is -2.15. The summed E-state index contributed by atoms with van der Waals surface area (Å²) in [4.78, 5) is 21.6. The highest BCUT2D eigenvalue weighted by Crippen LogP contribution is 2.31. The third kappa shape index (κ3) is 5.66. The molecule has 2 aromatic heterocycles. The summed E-state index contributed by atoms with van der Waals surface area (Å²) in [5, 5.41) is 3.61. The van der Waals surface area contributed by atoms with Gasteiger partial charge in [0, 0.05) is 28.8 Å². The average molecular weight is 479 g/mol. The zero-order chi connectivity index (χ0) is 25.2. The summed E-state index contributed by atoms with van der Waals surface area (Å²) < 4.78 is 38.4. The van der Waals surface area contributed by atoms with E-state index in [4.69, 9.17) is 10.7 Å². The number of anilines is 1. The Morgan fingerprint density at radius 3 is 2.46 bits per heavy atom. The number of hydrogen-bond acceptors (Lipinski definition) is 4. The summed E-state index contributed by atoms with van der Waals surface area (Å²) in [6.07, 6.45) is -2.09. The molecular formula is C27H25F3N4O. The van der Waals surface area contributed by atoms with Crippen LogP contribution in [-0.4, -0.2) is 15.9 Å². The minimum absolute atomic E-state index is 0.0980. The number of benzene rings is 2. The maximum absolute atomic E-state index is 12.8. The van der Waals surface area contributed by atoms with E-state index in [1.54, 1.807) is 12.3 Å². The molecular weight excluding hydrogens is 453 g/mol. The standard InChI is InChI=1S/C27H25F3N4O/c1-16(2)14-22(31)23-11-8-17-4-3-5-21(25(17)33-23)19-12-13-32-24(15-19)34-26(35)18-6-9-20(10-7-18)27(28,29)30/h3-13,15-16,22H,14,31H2,1-2H3,(H,32,34,35). The molecule has 0 fully saturated rings. The molecule has 0 saturated carbocycles. The number of para-hydroxylation sites is 1. The molecule has 2 aromatic carbocycles. The fourth-order valence-electron chi connectivity index (χ4n) is 3.90. The molecule has 1 atom stereocenters. The summed E-state index contributed by atoms with van der Waals surface area (Å²) >= 11 is 0. The highest BCUT2D eigenvalue weighted by Gasteiger charge is 2.30. The number of amides is 1. The molecule has 1 amide bonds. The molecule has 4 rings (SSSR count). The molecule has 0 spiro atoms. The van der Waals surface area contributed by atoms with Crippen LogP contribution in [0.3, 0.4) is 0 Å². The molecule has 0 aliphatic carbocycles. The van der Waals surface area contributed by atoms with Gasteiger partial charge >= 0.3 is 6.18 Å². The van der Waals surface area contributed by atoms with Gasteiger partial charge in [-0.1, -0.05) is 38.1 Å². The van der Waals surface area contributed by atoms with E-state index in [9.17, 15) is 18.0 Å². The molecule has 0 aliphatic heterocycles. The van der Waals surface area contributed by atoms with Crippen LogP contribution in [0.15, 0.2) is 72.9 Å². The Bertz CT molecular complexity index is 1350. The van der Waals surface area contributed by atoms with E-state index in [0.717, 1.165) is 58.4 Å². The van der Waals surface area contributed by atoms with Crippen molar-refractivity contribution in [3.63, 3.8) is 0 Å². The molecule has 180 valence electrons. The Morgan fingerprint density at radius 2 is 1.77 bits per heavy atom. The van der Waals surface area contributed by atoms with Crippen LogP contribution in [0.5, 0.6) is 0 Å². The molecule has 4 aromatic rings. The number of nitrogens with two attached hydrogens (primary N) is 1. The van der Waals surface area contributed by atoms with Gasteiger partial charge < -0.3 is 11.1 Å². The fraction of sp³-hybridized carbons (Fsp3) is 0.222. The maximum atomic E-state index is 12.8. The summed E-state index contributed by atoms with van der Waals surface area (Å²) in [7, 11) is 0. The minimum Gasteiger partial charge on any atom is -0.323 e. The number of fused-ring (bicyclic) bond motifs is 1. The van der Waals surface area contributed by atoms with Crippen molar-refractivity contribution in [1.82, 2.24) is 9.97 Å². The average Bonchev–Trinajstić information content (AvgIpc) is 2.82. The number of carbonyl (C=O) groups is 1. The van der Waals surface area contributed by atoms with Crippen molar-refractivity contribution in [3.8, 4) is 11.1 Å². The van der Waals surface area contributed by atoms with E-state index in [1.807, 2.05) is 36.4 Å². The number of carbonyl (C=O) groups excluding carboxylic acids is 1. The summed E-state index contributed by atoms with van der Waals surface area (Å²) in [6.45, 7) is 4.23.